The van der Waals surface area contributed by atoms with Crippen molar-refractivity contribution in [2.24, 2.45) is 0 Å². The minimum Gasteiger partial charge on any atom is -0.294 e. The number of benzene rings is 1. The zero-order valence-corrected chi connectivity index (χ0v) is 10.4. The second-order valence-corrected chi connectivity index (χ2v) is 4.93. The van der Waals surface area contributed by atoms with E-state index in [1.54, 1.807) is 6.20 Å². The average Bonchev–Trinajstić information content (AvgIpc) is 2.67. The predicted molar refractivity (Wildman–Crippen MR) is 73.4 cm³/mol. The van der Waals surface area contributed by atoms with Crippen LogP contribution in [0.25, 0.3) is 22.2 Å². The summed E-state index contributed by atoms with van der Waals surface area (Å²) in [4.78, 5) is 21.3. The molecule has 0 unspecified atom stereocenters. The van der Waals surface area contributed by atoms with Gasteiger partial charge in [-0.25, -0.2) is 4.98 Å². The van der Waals surface area contributed by atoms with Crippen molar-refractivity contribution < 1.29 is 4.79 Å². The van der Waals surface area contributed by atoms with Crippen LogP contribution in [-0.4, -0.2) is 15.8 Å². The molecule has 0 saturated carbocycles. The number of para-hydroxylation sites is 1. The third-order valence-electron chi connectivity index (χ3n) is 3.77. The van der Waals surface area contributed by atoms with Crippen molar-refractivity contribution in [3.05, 3.63) is 47.8 Å². The van der Waals surface area contributed by atoms with E-state index in [0.717, 1.165) is 46.3 Å². The van der Waals surface area contributed by atoms with E-state index in [2.05, 4.69) is 9.97 Å². The molecule has 19 heavy (non-hydrogen) atoms. The summed E-state index contributed by atoms with van der Waals surface area (Å²) in [6, 6.07) is 9.97. The highest BCUT2D eigenvalue weighted by atomic mass is 16.1. The Bertz CT molecular complexity index is 779. The first-order chi connectivity index (χ1) is 9.34. The number of hydrogen-bond donors (Lipinski definition) is 0. The maximum Gasteiger partial charge on any atom is 0.166 e. The molecule has 0 spiro atoms. The minimum absolute atomic E-state index is 0.178. The van der Waals surface area contributed by atoms with Crippen molar-refractivity contribution in [1.82, 2.24) is 9.97 Å². The normalized spacial score (nSPS) is 14.8. The van der Waals surface area contributed by atoms with E-state index in [-0.39, 0.29) is 5.78 Å². The van der Waals surface area contributed by atoms with E-state index in [9.17, 15) is 4.79 Å². The molecule has 92 valence electrons. The molecule has 0 saturated heterocycles. The molecule has 0 aromatic heterocycles. The van der Waals surface area contributed by atoms with E-state index in [1.165, 1.54) is 0 Å². The molecule has 1 aliphatic carbocycles. The first kappa shape index (κ1) is 10.6. The molecular weight excluding hydrogens is 236 g/mol. The van der Waals surface area contributed by atoms with Gasteiger partial charge in [-0.15, -0.1) is 0 Å². The van der Waals surface area contributed by atoms with Crippen molar-refractivity contribution >= 4 is 16.7 Å². The quantitative estimate of drug-likeness (QED) is 0.613. The average molecular weight is 248 g/mol. The number of hydrogen-bond acceptors (Lipinski definition) is 3. The van der Waals surface area contributed by atoms with Gasteiger partial charge in [-0.05, 0) is 25.0 Å². The van der Waals surface area contributed by atoms with Crippen LogP contribution in [0.1, 0.15) is 28.9 Å². The van der Waals surface area contributed by atoms with Gasteiger partial charge in [-0.2, -0.15) is 0 Å². The van der Waals surface area contributed by atoms with Gasteiger partial charge >= 0.3 is 0 Å². The Hall–Kier alpha value is -2.29. The summed E-state index contributed by atoms with van der Waals surface area (Å²) in [7, 11) is 0. The van der Waals surface area contributed by atoms with Gasteiger partial charge in [0.2, 0.25) is 0 Å². The third-order valence-corrected chi connectivity index (χ3v) is 3.77. The smallest absolute Gasteiger partial charge is 0.166 e. The fourth-order valence-electron chi connectivity index (χ4n) is 2.89. The molecule has 0 bridgehead atoms. The molecule has 0 N–H and O–H groups in total. The molecule has 3 aliphatic rings. The van der Waals surface area contributed by atoms with Crippen molar-refractivity contribution in [3.8, 4) is 11.3 Å². The number of carbonyl (C=O) groups excluding carboxylic acids is 1. The maximum absolute atomic E-state index is 12.2. The molecule has 1 aromatic rings. The highest BCUT2D eigenvalue weighted by molar-refractivity contribution is 6.08. The Morgan fingerprint density at radius 1 is 1.05 bits per heavy atom. The fraction of sp³-hybridized carbons (Fsp3) is 0.188. The van der Waals surface area contributed by atoms with Crippen LogP contribution in [0.15, 0.2) is 36.5 Å². The summed E-state index contributed by atoms with van der Waals surface area (Å²) in [6.07, 6.45) is 4.17. The second-order valence-electron chi connectivity index (χ2n) is 4.93. The lowest BCUT2D eigenvalue weighted by Crippen LogP contribution is -2.12. The van der Waals surface area contributed by atoms with Crippen molar-refractivity contribution in [1.29, 1.82) is 0 Å². The van der Waals surface area contributed by atoms with Gasteiger partial charge in [-0.1, -0.05) is 18.2 Å². The number of aromatic nitrogens is 2. The van der Waals surface area contributed by atoms with Crippen LogP contribution < -0.4 is 0 Å². The number of fused-ring (bicyclic) bond motifs is 5. The van der Waals surface area contributed by atoms with Crippen LogP contribution >= 0.6 is 0 Å². The maximum atomic E-state index is 12.2. The molecule has 2 heterocycles. The van der Waals surface area contributed by atoms with Crippen LogP contribution in [-0.2, 0) is 6.42 Å². The first-order valence-electron chi connectivity index (χ1n) is 6.54. The van der Waals surface area contributed by atoms with Crippen LogP contribution in [0.4, 0.5) is 0 Å². The van der Waals surface area contributed by atoms with E-state index < -0.39 is 0 Å². The number of ketones is 1. The van der Waals surface area contributed by atoms with Gasteiger partial charge in [0.05, 0.1) is 22.5 Å². The molecule has 0 amide bonds. The fourth-order valence-corrected chi connectivity index (χ4v) is 2.89. The Labute approximate surface area is 110 Å². The van der Waals surface area contributed by atoms with Crippen LogP contribution in [0.5, 0.6) is 0 Å². The molecule has 0 atom stereocenters. The molecule has 1 aromatic carbocycles. The summed E-state index contributed by atoms with van der Waals surface area (Å²) in [5.74, 6) is 0.178. The molecule has 0 fully saturated rings. The van der Waals surface area contributed by atoms with E-state index in [0.29, 0.717) is 6.42 Å². The zero-order chi connectivity index (χ0) is 12.8. The third kappa shape index (κ3) is 1.48. The lowest BCUT2D eigenvalue weighted by molar-refractivity contribution is 0.0972. The number of rotatable bonds is 0. The highest BCUT2D eigenvalue weighted by Crippen LogP contribution is 2.35. The lowest BCUT2D eigenvalue weighted by atomic mass is 9.92. The Morgan fingerprint density at radius 3 is 2.89 bits per heavy atom. The van der Waals surface area contributed by atoms with Gasteiger partial charge in [0, 0.05) is 23.6 Å². The Morgan fingerprint density at radius 2 is 1.95 bits per heavy atom. The zero-order valence-electron chi connectivity index (χ0n) is 10.4. The summed E-state index contributed by atoms with van der Waals surface area (Å²) >= 11 is 0. The SMILES string of the molecule is O=C1CCCc2nccc3c4ccccc4nc-3c21. The Balaban J connectivity index is 2.16. The highest BCUT2D eigenvalue weighted by Gasteiger charge is 2.25. The lowest BCUT2D eigenvalue weighted by Gasteiger charge is -2.12. The van der Waals surface area contributed by atoms with E-state index in [1.807, 2.05) is 30.3 Å². The monoisotopic (exact) mass is 248 g/mol. The van der Waals surface area contributed by atoms with Gasteiger partial charge in [0.15, 0.2) is 5.78 Å². The topological polar surface area (TPSA) is 42.9 Å². The van der Waals surface area contributed by atoms with Crippen molar-refractivity contribution in [2.45, 2.75) is 19.3 Å². The van der Waals surface area contributed by atoms with Crippen LogP contribution in [0.3, 0.4) is 0 Å². The standard InChI is InChI=1S/C16H12N2O/c19-14-7-3-6-13-15(14)16-11(8-9-17-13)10-4-1-2-5-12(10)18-16/h1-2,4-5,8-9H,3,6-7H2. The molecule has 2 aliphatic heterocycles. The van der Waals surface area contributed by atoms with Crippen LogP contribution in [0.2, 0.25) is 0 Å². The first-order valence-corrected chi connectivity index (χ1v) is 6.54. The molecule has 3 heteroatoms. The summed E-state index contributed by atoms with van der Waals surface area (Å²) in [5, 5.41) is 1.09. The minimum atomic E-state index is 0.178. The molecule has 0 radical (unpaired) electrons. The predicted octanol–water partition coefficient (Wildman–Crippen LogP) is 3.25. The number of Topliss-reactive ketones (excluding diaryl/α,β-unsaturated/α-hetero) is 1. The van der Waals surface area contributed by atoms with E-state index in [4.69, 9.17) is 0 Å². The molecular formula is C16H12N2O. The van der Waals surface area contributed by atoms with E-state index >= 15 is 0 Å². The second kappa shape index (κ2) is 3.85. The summed E-state index contributed by atoms with van der Waals surface area (Å²) in [6.45, 7) is 0. The number of aryl methyl sites for hydroxylation is 1. The van der Waals surface area contributed by atoms with Gasteiger partial charge in [0.25, 0.3) is 0 Å². The molecule has 3 nitrogen and oxygen atoms in total. The van der Waals surface area contributed by atoms with Crippen LogP contribution in [0, 0.1) is 0 Å². The summed E-state index contributed by atoms with van der Waals surface area (Å²) < 4.78 is 0. The molecule has 4 rings (SSSR count). The Kier molecular flexibility index (Phi) is 2.15. The van der Waals surface area contributed by atoms with Crippen molar-refractivity contribution in [3.63, 3.8) is 0 Å². The number of carbonyl (C=O) groups is 1. The van der Waals surface area contributed by atoms with Gasteiger partial charge in [0.1, 0.15) is 0 Å². The summed E-state index contributed by atoms with van der Waals surface area (Å²) in [5.41, 5.74) is 4.43. The van der Waals surface area contributed by atoms with Gasteiger partial charge < -0.3 is 0 Å². The largest absolute Gasteiger partial charge is 0.294 e. The number of nitrogens with zero attached hydrogens (tertiary/aromatic N) is 2. The van der Waals surface area contributed by atoms with Crippen molar-refractivity contribution in [2.75, 3.05) is 0 Å². The van der Waals surface area contributed by atoms with Gasteiger partial charge in [-0.3, -0.25) is 9.78 Å².